The number of hydrogen-bond acceptors (Lipinski definition) is 3. The van der Waals surface area contributed by atoms with Crippen LogP contribution < -0.4 is 5.32 Å². The van der Waals surface area contributed by atoms with Crippen LogP contribution in [0.5, 0.6) is 0 Å². The van der Waals surface area contributed by atoms with Crippen LogP contribution in [0, 0.1) is 11.3 Å². The SMILES string of the molecule is CNC1CCC(C(C)(C)C)CC1N(C)CCOC(C)C. The number of nitrogens with one attached hydrogen (secondary N) is 1. The lowest BCUT2D eigenvalue weighted by atomic mass is 9.69. The van der Waals surface area contributed by atoms with Gasteiger partial charge in [0.2, 0.25) is 0 Å². The molecule has 0 saturated heterocycles. The van der Waals surface area contributed by atoms with Crippen LogP contribution in [0.15, 0.2) is 0 Å². The fourth-order valence-corrected chi connectivity index (χ4v) is 3.36. The van der Waals surface area contributed by atoms with Crippen molar-refractivity contribution in [2.45, 2.75) is 72.1 Å². The minimum atomic E-state index is 0.331. The Bertz CT molecular complexity index is 273. The molecule has 1 aliphatic rings. The average Bonchev–Trinajstić information content (AvgIpc) is 2.36. The Kier molecular flexibility index (Phi) is 6.96. The fourth-order valence-electron chi connectivity index (χ4n) is 3.36. The van der Waals surface area contributed by atoms with Crippen molar-refractivity contribution in [3.63, 3.8) is 0 Å². The normalized spacial score (nSPS) is 28.4. The molecule has 20 heavy (non-hydrogen) atoms. The summed E-state index contributed by atoms with van der Waals surface area (Å²) in [4.78, 5) is 2.50. The Labute approximate surface area is 126 Å². The quantitative estimate of drug-likeness (QED) is 0.811. The van der Waals surface area contributed by atoms with Crippen LogP contribution >= 0.6 is 0 Å². The van der Waals surface area contributed by atoms with Gasteiger partial charge in [-0.15, -0.1) is 0 Å². The van der Waals surface area contributed by atoms with Gasteiger partial charge in [-0.1, -0.05) is 20.8 Å². The summed E-state index contributed by atoms with van der Waals surface area (Å²) in [6.07, 6.45) is 4.27. The molecule has 0 aromatic rings. The molecule has 0 spiro atoms. The molecule has 0 aliphatic heterocycles. The Balaban J connectivity index is 2.57. The molecule has 1 fully saturated rings. The van der Waals surface area contributed by atoms with Gasteiger partial charge in [0.1, 0.15) is 0 Å². The van der Waals surface area contributed by atoms with Crippen molar-refractivity contribution >= 4 is 0 Å². The number of ether oxygens (including phenoxy) is 1. The molecule has 120 valence electrons. The largest absolute Gasteiger partial charge is 0.377 e. The van der Waals surface area contributed by atoms with Gasteiger partial charge in [-0.2, -0.15) is 0 Å². The van der Waals surface area contributed by atoms with E-state index < -0.39 is 0 Å². The van der Waals surface area contributed by atoms with Crippen molar-refractivity contribution < 1.29 is 4.74 Å². The van der Waals surface area contributed by atoms with Crippen LogP contribution in [0.3, 0.4) is 0 Å². The van der Waals surface area contributed by atoms with E-state index in [1.807, 2.05) is 0 Å². The van der Waals surface area contributed by atoms with Gasteiger partial charge in [0, 0.05) is 18.6 Å². The summed E-state index contributed by atoms with van der Waals surface area (Å²) in [5, 5.41) is 3.52. The molecule has 3 atom stereocenters. The summed E-state index contributed by atoms with van der Waals surface area (Å²) in [7, 11) is 4.36. The van der Waals surface area contributed by atoms with E-state index in [9.17, 15) is 0 Å². The molecule has 1 N–H and O–H groups in total. The van der Waals surface area contributed by atoms with Crippen LogP contribution in [0.1, 0.15) is 53.9 Å². The summed E-state index contributed by atoms with van der Waals surface area (Å²) < 4.78 is 5.70. The molecule has 0 amide bonds. The van der Waals surface area contributed by atoms with Crippen molar-refractivity contribution in [3.05, 3.63) is 0 Å². The van der Waals surface area contributed by atoms with E-state index >= 15 is 0 Å². The maximum absolute atomic E-state index is 5.70. The Morgan fingerprint density at radius 3 is 2.40 bits per heavy atom. The van der Waals surface area contributed by atoms with Gasteiger partial charge < -0.3 is 10.1 Å². The minimum Gasteiger partial charge on any atom is -0.377 e. The molecule has 3 nitrogen and oxygen atoms in total. The van der Waals surface area contributed by atoms with E-state index in [4.69, 9.17) is 4.74 Å². The first kappa shape index (κ1) is 17.9. The first-order valence-electron chi connectivity index (χ1n) is 8.24. The van der Waals surface area contributed by atoms with Gasteiger partial charge in [-0.3, -0.25) is 4.90 Å². The summed E-state index contributed by atoms with van der Waals surface area (Å²) in [6.45, 7) is 13.2. The molecular weight excluding hydrogens is 248 g/mol. The highest BCUT2D eigenvalue weighted by atomic mass is 16.5. The zero-order valence-electron chi connectivity index (χ0n) is 14.7. The monoisotopic (exact) mass is 284 g/mol. The molecule has 1 aliphatic carbocycles. The second kappa shape index (κ2) is 7.77. The van der Waals surface area contributed by atoms with Crippen LogP contribution in [-0.2, 0) is 4.74 Å². The molecule has 0 bridgehead atoms. The molecule has 0 aromatic carbocycles. The zero-order valence-corrected chi connectivity index (χ0v) is 14.7. The van der Waals surface area contributed by atoms with Crippen molar-refractivity contribution in [2.24, 2.45) is 11.3 Å². The predicted octanol–water partition coefficient (Wildman–Crippen LogP) is 3.15. The number of nitrogens with zero attached hydrogens (tertiary/aromatic N) is 1. The standard InChI is InChI=1S/C17H36N2O/c1-13(2)20-11-10-19(7)16-12-14(17(3,4)5)8-9-15(16)18-6/h13-16,18H,8-12H2,1-7H3. The summed E-state index contributed by atoms with van der Waals surface area (Å²) >= 11 is 0. The van der Waals surface area contributed by atoms with Gasteiger partial charge in [0.15, 0.2) is 0 Å². The van der Waals surface area contributed by atoms with Gasteiger partial charge in [-0.25, -0.2) is 0 Å². The molecule has 1 rings (SSSR count). The summed E-state index contributed by atoms with van der Waals surface area (Å²) in [6, 6.07) is 1.26. The van der Waals surface area contributed by atoms with Gasteiger partial charge in [-0.05, 0) is 58.5 Å². The van der Waals surface area contributed by atoms with Gasteiger partial charge in [0.05, 0.1) is 12.7 Å². The Morgan fingerprint density at radius 2 is 1.90 bits per heavy atom. The average molecular weight is 284 g/mol. The van der Waals surface area contributed by atoms with E-state index in [2.05, 4.69) is 58.9 Å². The summed E-state index contributed by atoms with van der Waals surface area (Å²) in [5.74, 6) is 0.825. The van der Waals surface area contributed by atoms with E-state index in [0.29, 0.717) is 23.6 Å². The van der Waals surface area contributed by atoms with Crippen molar-refractivity contribution in [1.82, 2.24) is 10.2 Å². The van der Waals surface area contributed by atoms with Crippen molar-refractivity contribution in [1.29, 1.82) is 0 Å². The smallest absolute Gasteiger partial charge is 0.0596 e. The second-order valence-corrected chi connectivity index (χ2v) is 7.74. The number of likely N-dealkylation sites (N-methyl/N-ethyl adjacent to an activating group) is 2. The second-order valence-electron chi connectivity index (χ2n) is 7.74. The van der Waals surface area contributed by atoms with E-state index in [1.54, 1.807) is 0 Å². The zero-order chi connectivity index (χ0) is 15.3. The number of rotatable bonds is 6. The topological polar surface area (TPSA) is 24.5 Å². The lowest BCUT2D eigenvalue weighted by molar-refractivity contribution is 0.0304. The molecule has 1 saturated carbocycles. The highest BCUT2D eigenvalue weighted by Crippen LogP contribution is 2.39. The minimum absolute atomic E-state index is 0.331. The lowest BCUT2D eigenvalue weighted by Crippen LogP contribution is -2.53. The Morgan fingerprint density at radius 1 is 1.25 bits per heavy atom. The first-order valence-corrected chi connectivity index (χ1v) is 8.24. The fraction of sp³-hybridized carbons (Fsp3) is 1.00. The molecule has 3 unspecified atom stereocenters. The predicted molar refractivity (Wildman–Crippen MR) is 87.1 cm³/mol. The van der Waals surface area contributed by atoms with E-state index in [1.165, 1.54) is 19.3 Å². The third kappa shape index (κ3) is 5.34. The molecule has 0 heterocycles. The Hall–Kier alpha value is -0.120. The molecular formula is C17H36N2O. The lowest BCUT2D eigenvalue weighted by Gasteiger charge is -2.45. The third-order valence-electron chi connectivity index (χ3n) is 4.87. The first-order chi connectivity index (χ1) is 9.25. The third-order valence-corrected chi connectivity index (χ3v) is 4.87. The van der Waals surface area contributed by atoms with Crippen LogP contribution in [0.2, 0.25) is 0 Å². The van der Waals surface area contributed by atoms with Crippen molar-refractivity contribution in [3.8, 4) is 0 Å². The maximum Gasteiger partial charge on any atom is 0.0596 e. The molecule has 0 radical (unpaired) electrons. The highest BCUT2D eigenvalue weighted by Gasteiger charge is 2.36. The van der Waals surface area contributed by atoms with Crippen LogP contribution in [-0.4, -0.2) is 50.3 Å². The van der Waals surface area contributed by atoms with Crippen LogP contribution in [0.25, 0.3) is 0 Å². The van der Waals surface area contributed by atoms with Gasteiger partial charge in [0.25, 0.3) is 0 Å². The maximum atomic E-state index is 5.70. The van der Waals surface area contributed by atoms with E-state index in [-0.39, 0.29) is 0 Å². The summed E-state index contributed by atoms with van der Waals surface area (Å²) in [5.41, 5.74) is 0.423. The van der Waals surface area contributed by atoms with E-state index in [0.717, 1.165) is 19.1 Å². The molecule has 3 heteroatoms. The van der Waals surface area contributed by atoms with Crippen molar-refractivity contribution in [2.75, 3.05) is 27.2 Å². The molecule has 0 aromatic heterocycles. The number of hydrogen-bond donors (Lipinski definition) is 1. The van der Waals surface area contributed by atoms with Crippen LogP contribution in [0.4, 0.5) is 0 Å². The highest BCUT2D eigenvalue weighted by molar-refractivity contribution is 4.92. The van der Waals surface area contributed by atoms with Gasteiger partial charge >= 0.3 is 0 Å².